The summed E-state index contributed by atoms with van der Waals surface area (Å²) in [5.74, 6) is -0.0371. The molecule has 9 nitrogen and oxygen atoms in total. The molecule has 1 aliphatic heterocycles. The van der Waals surface area contributed by atoms with Crippen molar-refractivity contribution in [3.05, 3.63) is 22.7 Å². The van der Waals surface area contributed by atoms with E-state index in [0.29, 0.717) is 0 Å². The highest BCUT2D eigenvalue weighted by molar-refractivity contribution is 7.32. The van der Waals surface area contributed by atoms with Crippen LogP contribution in [-0.4, -0.2) is 44.0 Å². The third-order valence-corrected chi connectivity index (χ3v) is 3.52. The smallest absolute Gasteiger partial charge is 0.351 e. The minimum atomic E-state index is -3.44. The summed E-state index contributed by atoms with van der Waals surface area (Å²) < 4.78 is 35.9. The van der Waals surface area contributed by atoms with Crippen molar-refractivity contribution in [3.63, 3.8) is 0 Å². The summed E-state index contributed by atoms with van der Waals surface area (Å²) in [5.41, 5.74) is 4.49. The molecule has 2 rings (SSSR count). The molecular formula is C10H15FN3O6P. The van der Waals surface area contributed by atoms with Crippen molar-refractivity contribution in [3.8, 4) is 0 Å². The molecule has 1 aromatic heterocycles. The van der Waals surface area contributed by atoms with Crippen LogP contribution in [0.1, 0.15) is 13.2 Å². The van der Waals surface area contributed by atoms with Crippen molar-refractivity contribution >= 4 is 14.1 Å². The number of nitrogen functional groups attached to an aromatic ring is 1. The molecule has 0 spiro atoms. The van der Waals surface area contributed by atoms with E-state index in [9.17, 15) is 18.9 Å². The molecule has 0 amide bonds. The summed E-state index contributed by atoms with van der Waals surface area (Å²) in [6.45, 7) is 1.31. The molecule has 0 aromatic carbocycles. The molecule has 6 atom stereocenters. The lowest BCUT2D eigenvalue weighted by Gasteiger charge is -2.19. The van der Waals surface area contributed by atoms with Gasteiger partial charge in [-0.05, 0) is 13.0 Å². The fourth-order valence-electron chi connectivity index (χ4n) is 2.13. The van der Waals surface area contributed by atoms with E-state index in [1.165, 1.54) is 19.2 Å². The fraction of sp³-hybridized carbons (Fsp3) is 0.600. The molecule has 1 aromatic rings. The number of hydrogen-bond donors (Lipinski definition) is 3. The maximum absolute atomic E-state index is 14.4. The van der Waals surface area contributed by atoms with Crippen LogP contribution < -0.4 is 11.4 Å². The minimum Gasteiger partial charge on any atom is -0.391 e. The summed E-state index contributed by atoms with van der Waals surface area (Å²) in [7, 11) is -3.44. The molecule has 11 heteroatoms. The van der Waals surface area contributed by atoms with Crippen LogP contribution in [0, 0.1) is 0 Å². The standard InChI is InChI=1S/C10H15FN3O6P/c1-4(15)7-8(20-21(17)18)6(11)9(19-7)14-3-2-5(12)13-10(14)16/h2-4,6-9,15,21H,1H3,(H,17,18)(H2,12,13,16)/t4-,6?,7?,8?,9?/m0/s1. The number of nitrogens with two attached hydrogens (primary N) is 1. The van der Waals surface area contributed by atoms with Gasteiger partial charge in [0.1, 0.15) is 18.0 Å². The molecule has 4 N–H and O–H groups in total. The van der Waals surface area contributed by atoms with E-state index in [0.717, 1.165) is 4.57 Å². The minimum absolute atomic E-state index is 0.0371. The topological polar surface area (TPSA) is 137 Å². The average Bonchev–Trinajstić information content (AvgIpc) is 2.67. The van der Waals surface area contributed by atoms with Crippen LogP contribution in [0.2, 0.25) is 0 Å². The van der Waals surface area contributed by atoms with Gasteiger partial charge in [0.25, 0.3) is 0 Å². The zero-order valence-electron chi connectivity index (χ0n) is 10.9. The third kappa shape index (κ3) is 3.30. The first-order chi connectivity index (χ1) is 9.81. The highest BCUT2D eigenvalue weighted by Crippen LogP contribution is 2.38. The first-order valence-corrected chi connectivity index (χ1v) is 7.29. The summed E-state index contributed by atoms with van der Waals surface area (Å²) in [5, 5.41) is 9.56. The maximum atomic E-state index is 14.4. The second-order valence-electron chi connectivity index (χ2n) is 4.57. The van der Waals surface area contributed by atoms with Crippen LogP contribution in [0.25, 0.3) is 0 Å². The Morgan fingerprint density at radius 3 is 2.86 bits per heavy atom. The van der Waals surface area contributed by atoms with Crippen molar-refractivity contribution < 1.29 is 28.2 Å². The lowest BCUT2D eigenvalue weighted by Crippen LogP contribution is -2.37. The predicted molar refractivity (Wildman–Crippen MR) is 69.5 cm³/mol. The van der Waals surface area contributed by atoms with Gasteiger partial charge in [0.05, 0.1) is 6.10 Å². The Morgan fingerprint density at radius 2 is 2.33 bits per heavy atom. The zero-order valence-corrected chi connectivity index (χ0v) is 11.9. The molecule has 0 radical (unpaired) electrons. The van der Waals surface area contributed by atoms with Crippen molar-refractivity contribution in [2.45, 2.75) is 37.6 Å². The highest BCUT2D eigenvalue weighted by atomic mass is 31.1. The van der Waals surface area contributed by atoms with Gasteiger partial charge in [0.15, 0.2) is 12.4 Å². The molecule has 5 unspecified atom stereocenters. The Bertz CT molecular complexity index is 596. The largest absolute Gasteiger partial charge is 0.391 e. The van der Waals surface area contributed by atoms with E-state index in [-0.39, 0.29) is 5.82 Å². The summed E-state index contributed by atoms with van der Waals surface area (Å²) in [6, 6.07) is 1.28. The maximum Gasteiger partial charge on any atom is 0.351 e. The molecule has 1 saturated heterocycles. The molecular weight excluding hydrogens is 308 g/mol. The number of aromatic nitrogens is 2. The monoisotopic (exact) mass is 323 g/mol. The van der Waals surface area contributed by atoms with Crippen molar-refractivity contribution in [1.82, 2.24) is 9.55 Å². The first-order valence-electron chi connectivity index (χ1n) is 6.03. The Hall–Kier alpha value is -1.32. The number of halogens is 1. The Kier molecular flexibility index (Phi) is 4.74. The molecule has 0 bridgehead atoms. The van der Waals surface area contributed by atoms with Crippen LogP contribution in [-0.2, 0) is 13.8 Å². The quantitative estimate of drug-likeness (QED) is 0.613. The molecule has 21 heavy (non-hydrogen) atoms. The first kappa shape index (κ1) is 16.1. The second kappa shape index (κ2) is 6.20. The van der Waals surface area contributed by atoms with Gasteiger partial charge in [-0.3, -0.25) is 9.13 Å². The predicted octanol–water partition coefficient (Wildman–Crippen LogP) is -0.791. The van der Waals surface area contributed by atoms with Crippen LogP contribution >= 0.6 is 8.25 Å². The van der Waals surface area contributed by atoms with Gasteiger partial charge in [-0.2, -0.15) is 4.98 Å². The summed E-state index contributed by atoms with van der Waals surface area (Å²) in [6.07, 6.45) is -6.03. The van der Waals surface area contributed by atoms with Crippen LogP contribution in [0.15, 0.2) is 17.1 Å². The van der Waals surface area contributed by atoms with Gasteiger partial charge >= 0.3 is 13.9 Å². The van der Waals surface area contributed by atoms with Crippen LogP contribution in [0.3, 0.4) is 0 Å². The SMILES string of the molecule is C[C@H](O)C1OC(n2ccc(N)nc2=O)C(F)C1O[PH](=O)O. The normalized spacial score (nSPS) is 32.0. The lowest BCUT2D eigenvalue weighted by molar-refractivity contribution is -0.0756. The van der Waals surface area contributed by atoms with Gasteiger partial charge in [0, 0.05) is 6.20 Å². The van der Waals surface area contributed by atoms with Crippen molar-refractivity contribution in [1.29, 1.82) is 0 Å². The van der Waals surface area contributed by atoms with Crippen molar-refractivity contribution in [2.75, 3.05) is 5.73 Å². The molecule has 118 valence electrons. The third-order valence-electron chi connectivity index (χ3n) is 3.04. The van der Waals surface area contributed by atoms with Gasteiger partial charge in [-0.15, -0.1) is 0 Å². The zero-order chi connectivity index (χ0) is 15.7. The van der Waals surface area contributed by atoms with E-state index in [2.05, 4.69) is 9.51 Å². The number of ether oxygens (including phenoxy) is 1. The van der Waals surface area contributed by atoms with Gasteiger partial charge in [-0.1, -0.05) is 0 Å². The van der Waals surface area contributed by atoms with E-state index in [4.69, 9.17) is 15.4 Å². The lowest BCUT2D eigenvalue weighted by atomic mass is 10.1. The van der Waals surface area contributed by atoms with Crippen LogP contribution in [0.5, 0.6) is 0 Å². The Morgan fingerprint density at radius 1 is 1.67 bits per heavy atom. The molecule has 2 heterocycles. The van der Waals surface area contributed by atoms with Gasteiger partial charge in [0.2, 0.25) is 0 Å². The van der Waals surface area contributed by atoms with E-state index in [1.807, 2.05) is 0 Å². The van der Waals surface area contributed by atoms with E-state index in [1.54, 1.807) is 0 Å². The van der Waals surface area contributed by atoms with Gasteiger partial charge in [-0.25, -0.2) is 9.18 Å². The summed E-state index contributed by atoms with van der Waals surface area (Å²) in [4.78, 5) is 23.9. The number of nitrogens with zero attached hydrogens (tertiary/aromatic N) is 2. The number of aliphatic hydroxyl groups is 1. The Balaban J connectivity index is 2.33. The number of anilines is 1. The number of rotatable bonds is 4. The summed E-state index contributed by atoms with van der Waals surface area (Å²) >= 11 is 0. The molecule has 1 aliphatic rings. The highest BCUT2D eigenvalue weighted by Gasteiger charge is 2.49. The number of aliphatic hydroxyl groups excluding tert-OH is 1. The average molecular weight is 323 g/mol. The van der Waals surface area contributed by atoms with E-state index < -0.39 is 44.7 Å². The van der Waals surface area contributed by atoms with Crippen molar-refractivity contribution in [2.24, 2.45) is 0 Å². The molecule has 1 fully saturated rings. The number of hydrogen-bond acceptors (Lipinski definition) is 7. The fourth-order valence-corrected chi connectivity index (χ4v) is 2.63. The van der Waals surface area contributed by atoms with Crippen LogP contribution in [0.4, 0.5) is 10.2 Å². The van der Waals surface area contributed by atoms with E-state index >= 15 is 0 Å². The second-order valence-corrected chi connectivity index (χ2v) is 5.33. The Labute approximate surface area is 119 Å². The number of alkyl halides is 1. The molecule has 0 aliphatic carbocycles. The molecule has 0 saturated carbocycles. The van der Waals surface area contributed by atoms with Gasteiger partial charge < -0.3 is 25.0 Å².